The van der Waals surface area contributed by atoms with Crippen molar-refractivity contribution in [3.05, 3.63) is 0 Å². The molecule has 0 bridgehead atoms. The van der Waals surface area contributed by atoms with Gasteiger partial charge in [0.1, 0.15) is 0 Å². The zero-order valence-electron chi connectivity index (χ0n) is 8.52. The minimum Gasteiger partial charge on any atom is -0.318 e. The highest BCUT2D eigenvalue weighted by Gasteiger charge is 2.22. The standard InChI is InChI=1S/C6H16N2O4S2/c1-7-4-5-8(2)14(11,12)6-13(3,9)10/h7H,4-6H2,1-3H3. The Balaban J connectivity index is 4.48. The lowest BCUT2D eigenvalue weighted by Crippen LogP contribution is -2.36. The third kappa shape index (κ3) is 5.53. The van der Waals surface area contributed by atoms with Gasteiger partial charge in [-0.25, -0.2) is 21.1 Å². The molecule has 0 saturated carbocycles. The van der Waals surface area contributed by atoms with Gasteiger partial charge in [-0.05, 0) is 7.05 Å². The molecular weight excluding hydrogens is 228 g/mol. The third-order valence-electron chi connectivity index (χ3n) is 1.51. The van der Waals surface area contributed by atoms with Crippen LogP contribution in [0.4, 0.5) is 0 Å². The number of nitrogens with one attached hydrogen (secondary N) is 1. The van der Waals surface area contributed by atoms with Crippen LogP contribution in [0.5, 0.6) is 0 Å². The molecule has 0 spiro atoms. The van der Waals surface area contributed by atoms with E-state index in [1.165, 1.54) is 7.05 Å². The fourth-order valence-electron chi connectivity index (χ4n) is 0.769. The number of sulfone groups is 1. The van der Waals surface area contributed by atoms with Crippen molar-refractivity contribution in [2.24, 2.45) is 0 Å². The van der Waals surface area contributed by atoms with Gasteiger partial charge >= 0.3 is 0 Å². The summed E-state index contributed by atoms with van der Waals surface area (Å²) in [6, 6.07) is 0. The zero-order valence-corrected chi connectivity index (χ0v) is 10.2. The smallest absolute Gasteiger partial charge is 0.228 e. The molecule has 0 aromatic rings. The van der Waals surface area contributed by atoms with Crippen LogP contribution < -0.4 is 5.32 Å². The molecule has 0 unspecified atom stereocenters. The fraction of sp³-hybridized carbons (Fsp3) is 1.00. The van der Waals surface area contributed by atoms with Crippen molar-refractivity contribution in [2.45, 2.75) is 0 Å². The Hall–Kier alpha value is -0.180. The molecule has 0 aliphatic heterocycles. The van der Waals surface area contributed by atoms with Gasteiger partial charge in [0.2, 0.25) is 10.0 Å². The quantitative estimate of drug-likeness (QED) is 0.613. The fourth-order valence-corrected chi connectivity index (χ4v) is 4.02. The normalized spacial score (nSPS) is 13.4. The predicted octanol–water partition coefficient (Wildman–Crippen LogP) is -1.53. The van der Waals surface area contributed by atoms with Gasteiger partial charge in [0, 0.05) is 26.4 Å². The van der Waals surface area contributed by atoms with Crippen LogP contribution in [0.2, 0.25) is 0 Å². The molecule has 0 fully saturated rings. The van der Waals surface area contributed by atoms with Crippen molar-refractivity contribution in [1.29, 1.82) is 0 Å². The van der Waals surface area contributed by atoms with E-state index >= 15 is 0 Å². The molecule has 0 aliphatic rings. The van der Waals surface area contributed by atoms with Gasteiger partial charge < -0.3 is 5.32 Å². The maximum atomic E-state index is 11.4. The second kappa shape index (κ2) is 5.06. The Labute approximate surface area is 85.3 Å². The third-order valence-corrected chi connectivity index (χ3v) is 5.55. The van der Waals surface area contributed by atoms with Crippen LogP contribution in [0.3, 0.4) is 0 Å². The van der Waals surface area contributed by atoms with E-state index in [9.17, 15) is 16.8 Å². The average Bonchev–Trinajstić information content (AvgIpc) is 1.95. The molecule has 0 heterocycles. The van der Waals surface area contributed by atoms with Gasteiger partial charge in [-0.15, -0.1) is 0 Å². The molecule has 1 N–H and O–H groups in total. The summed E-state index contributed by atoms with van der Waals surface area (Å²) in [5.74, 6) is 0. The number of sulfonamides is 1. The molecule has 0 saturated heterocycles. The first-order valence-electron chi connectivity index (χ1n) is 3.95. The van der Waals surface area contributed by atoms with Gasteiger partial charge in [0.25, 0.3) is 0 Å². The van der Waals surface area contributed by atoms with Gasteiger partial charge in [0.15, 0.2) is 14.9 Å². The summed E-state index contributed by atoms with van der Waals surface area (Å²) in [5.41, 5.74) is 0. The number of nitrogens with zero attached hydrogens (tertiary/aromatic N) is 1. The average molecular weight is 244 g/mol. The van der Waals surface area contributed by atoms with Gasteiger partial charge in [-0.1, -0.05) is 0 Å². The lowest BCUT2D eigenvalue weighted by molar-refractivity contribution is 0.469. The topological polar surface area (TPSA) is 83.6 Å². The zero-order chi connectivity index (χ0) is 11.4. The lowest BCUT2D eigenvalue weighted by atomic mass is 10.6. The molecule has 8 heteroatoms. The highest BCUT2D eigenvalue weighted by Crippen LogP contribution is 2.00. The second-order valence-electron chi connectivity index (χ2n) is 3.08. The first kappa shape index (κ1) is 13.8. The van der Waals surface area contributed by atoms with Crippen molar-refractivity contribution in [1.82, 2.24) is 9.62 Å². The minimum absolute atomic E-state index is 0.258. The van der Waals surface area contributed by atoms with E-state index in [0.29, 0.717) is 6.54 Å². The molecule has 0 atom stereocenters. The van der Waals surface area contributed by atoms with Crippen LogP contribution in [-0.4, -0.2) is 59.7 Å². The van der Waals surface area contributed by atoms with Crippen molar-refractivity contribution in [3.63, 3.8) is 0 Å². The largest absolute Gasteiger partial charge is 0.318 e. The van der Waals surface area contributed by atoms with Crippen LogP contribution in [0.1, 0.15) is 0 Å². The molecule has 86 valence electrons. The minimum atomic E-state index is -3.68. The monoisotopic (exact) mass is 244 g/mol. The van der Waals surface area contributed by atoms with Crippen LogP contribution in [0.25, 0.3) is 0 Å². The first-order chi connectivity index (χ1) is 6.19. The molecule has 0 rings (SSSR count). The van der Waals surface area contributed by atoms with Crippen molar-refractivity contribution in [3.8, 4) is 0 Å². The molecule has 0 aromatic carbocycles. The van der Waals surface area contributed by atoms with E-state index in [2.05, 4.69) is 5.32 Å². The summed E-state index contributed by atoms with van der Waals surface area (Å²) in [7, 11) is -4.14. The van der Waals surface area contributed by atoms with E-state index in [0.717, 1.165) is 10.6 Å². The van der Waals surface area contributed by atoms with Crippen molar-refractivity contribution in [2.75, 3.05) is 38.5 Å². The first-order valence-corrected chi connectivity index (χ1v) is 7.62. The van der Waals surface area contributed by atoms with Crippen molar-refractivity contribution < 1.29 is 16.8 Å². The molecule has 0 aliphatic carbocycles. The maximum absolute atomic E-state index is 11.4. The Morgan fingerprint density at radius 3 is 2.07 bits per heavy atom. The Bertz CT molecular complexity index is 359. The van der Waals surface area contributed by atoms with Crippen LogP contribution in [0.15, 0.2) is 0 Å². The maximum Gasteiger partial charge on any atom is 0.228 e. The highest BCUT2D eigenvalue weighted by atomic mass is 32.3. The van der Waals surface area contributed by atoms with E-state index < -0.39 is 24.9 Å². The lowest BCUT2D eigenvalue weighted by Gasteiger charge is -2.15. The SMILES string of the molecule is CNCCN(C)S(=O)(=O)CS(C)(=O)=O. The van der Waals surface area contributed by atoms with Gasteiger partial charge in [-0.2, -0.15) is 0 Å². The Kier molecular flexibility index (Phi) is 4.99. The number of rotatable bonds is 6. The Morgan fingerprint density at radius 1 is 1.21 bits per heavy atom. The van der Waals surface area contributed by atoms with Crippen LogP contribution >= 0.6 is 0 Å². The number of hydrogen-bond acceptors (Lipinski definition) is 5. The van der Waals surface area contributed by atoms with Gasteiger partial charge in [0.05, 0.1) is 0 Å². The summed E-state index contributed by atoms with van der Waals surface area (Å²) < 4.78 is 45.4. The van der Waals surface area contributed by atoms with E-state index in [-0.39, 0.29) is 6.54 Å². The summed E-state index contributed by atoms with van der Waals surface area (Å²) >= 11 is 0. The van der Waals surface area contributed by atoms with Crippen LogP contribution in [-0.2, 0) is 19.9 Å². The summed E-state index contributed by atoms with van der Waals surface area (Å²) in [6.07, 6.45) is 0.899. The highest BCUT2D eigenvalue weighted by molar-refractivity contribution is 8.06. The van der Waals surface area contributed by atoms with Crippen LogP contribution in [0, 0.1) is 0 Å². The molecule has 0 aromatic heterocycles. The molecule has 0 radical (unpaired) electrons. The summed E-state index contributed by atoms with van der Waals surface area (Å²) in [4.78, 5) is 0. The molecule has 14 heavy (non-hydrogen) atoms. The van der Waals surface area contributed by atoms with E-state index in [1.54, 1.807) is 7.05 Å². The summed E-state index contributed by atoms with van der Waals surface area (Å²) in [5, 5.41) is 1.94. The van der Waals surface area contributed by atoms with E-state index in [4.69, 9.17) is 0 Å². The molecule has 0 amide bonds. The summed E-state index contributed by atoms with van der Waals surface area (Å²) in [6.45, 7) is 0.744. The predicted molar refractivity (Wildman–Crippen MR) is 55.2 cm³/mol. The second-order valence-corrected chi connectivity index (χ2v) is 7.66. The molecule has 6 nitrogen and oxygen atoms in total. The van der Waals surface area contributed by atoms with Gasteiger partial charge in [-0.3, -0.25) is 0 Å². The van der Waals surface area contributed by atoms with Crippen molar-refractivity contribution >= 4 is 19.9 Å². The van der Waals surface area contributed by atoms with E-state index in [1.807, 2.05) is 0 Å². The number of hydrogen-bond donors (Lipinski definition) is 1. The Morgan fingerprint density at radius 2 is 1.71 bits per heavy atom. The molecular formula is C6H16N2O4S2. The number of likely N-dealkylation sites (N-methyl/N-ethyl adjacent to an activating group) is 2.